The van der Waals surface area contributed by atoms with Crippen LogP contribution in [0, 0.1) is 6.33 Å². The van der Waals surface area contributed by atoms with E-state index in [0.29, 0.717) is 0 Å². The number of piperazine rings is 1. The Balaban J connectivity index is 2.17. The van der Waals surface area contributed by atoms with Gasteiger partial charge in [-0.05, 0) is 6.42 Å². The average molecular weight is 205 g/mol. The Bertz CT molecular complexity index is 307. The van der Waals surface area contributed by atoms with Gasteiger partial charge in [-0.15, -0.1) is 0 Å². The van der Waals surface area contributed by atoms with Crippen molar-refractivity contribution in [3.63, 3.8) is 0 Å². The summed E-state index contributed by atoms with van der Waals surface area (Å²) in [5, 5.41) is 3.34. The number of hydrogen-bond acceptors (Lipinski definition) is 4. The third-order valence-electron chi connectivity index (χ3n) is 2.66. The largest absolute Gasteiger partial charge is 0.354 e. The Kier molecular flexibility index (Phi) is 3.50. The molecule has 0 aromatic carbocycles. The van der Waals surface area contributed by atoms with Gasteiger partial charge < -0.3 is 10.2 Å². The molecular formula is C11H17N4. The van der Waals surface area contributed by atoms with E-state index in [-0.39, 0.29) is 0 Å². The molecule has 0 amide bonds. The van der Waals surface area contributed by atoms with Gasteiger partial charge in [0, 0.05) is 37.9 Å². The highest BCUT2D eigenvalue weighted by molar-refractivity contribution is 5.45. The third-order valence-corrected chi connectivity index (χ3v) is 2.66. The first-order chi connectivity index (χ1) is 7.42. The molecule has 4 heteroatoms. The summed E-state index contributed by atoms with van der Waals surface area (Å²) in [6.07, 6.45) is 6.77. The van der Waals surface area contributed by atoms with E-state index in [9.17, 15) is 0 Å². The summed E-state index contributed by atoms with van der Waals surface area (Å²) >= 11 is 0. The van der Waals surface area contributed by atoms with Crippen molar-refractivity contribution in [3.8, 4) is 0 Å². The molecule has 2 rings (SSSR count). The molecule has 1 N–H and O–H groups in total. The van der Waals surface area contributed by atoms with Crippen molar-refractivity contribution in [2.75, 3.05) is 31.1 Å². The SMILES string of the molecule is CCCc1cn[c]nc1N1CCNCC1. The van der Waals surface area contributed by atoms with Gasteiger partial charge >= 0.3 is 0 Å². The first-order valence-electron chi connectivity index (χ1n) is 5.59. The van der Waals surface area contributed by atoms with Crippen LogP contribution in [-0.4, -0.2) is 36.1 Å². The standard InChI is InChI=1S/C11H17N4/c1-2-3-10-8-13-9-14-11(10)15-6-4-12-5-7-15/h8,12H,2-7H2,1H3. The molecule has 1 aromatic heterocycles. The van der Waals surface area contributed by atoms with E-state index in [0.717, 1.165) is 44.8 Å². The van der Waals surface area contributed by atoms with Crippen molar-refractivity contribution in [2.45, 2.75) is 19.8 Å². The molecule has 1 aliphatic rings. The highest BCUT2D eigenvalue weighted by atomic mass is 15.2. The van der Waals surface area contributed by atoms with Crippen LogP contribution in [0.5, 0.6) is 0 Å². The Morgan fingerprint density at radius 3 is 3.00 bits per heavy atom. The van der Waals surface area contributed by atoms with Crippen LogP contribution in [0.1, 0.15) is 18.9 Å². The molecule has 0 bridgehead atoms. The van der Waals surface area contributed by atoms with E-state index in [1.165, 1.54) is 5.56 Å². The van der Waals surface area contributed by atoms with Gasteiger partial charge in [0.2, 0.25) is 0 Å². The van der Waals surface area contributed by atoms with Crippen molar-refractivity contribution in [3.05, 3.63) is 18.1 Å². The van der Waals surface area contributed by atoms with Gasteiger partial charge in [-0.1, -0.05) is 13.3 Å². The van der Waals surface area contributed by atoms with E-state index < -0.39 is 0 Å². The fourth-order valence-electron chi connectivity index (χ4n) is 1.91. The van der Waals surface area contributed by atoms with Crippen LogP contribution in [0.15, 0.2) is 6.20 Å². The number of hydrogen-bond donors (Lipinski definition) is 1. The van der Waals surface area contributed by atoms with Gasteiger partial charge in [0.15, 0.2) is 6.33 Å². The summed E-state index contributed by atoms with van der Waals surface area (Å²) in [5.74, 6) is 1.08. The number of aryl methyl sites for hydroxylation is 1. The maximum Gasteiger partial charge on any atom is 0.199 e. The molecule has 4 nitrogen and oxygen atoms in total. The summed E-state index contributed by atoms with van der Waals surface area (Å²) in [4.78, 5) is 10.6. The monoisotopic (exact) mass is 205 g/mol. The highest BCUT2D eigenvalue weighted by Crippen LogP contribution is 2.17. The topological polar surface area (TPSA) is 41.1 Å². The molecule has 2 heterocycles. The van der Waals surface area contributed by atoms with E-state index in [2.05, 4.69) is 33.4 Å². The first kappa shape index (κ1) is 10.4. The lowest BCUT2D eigenvalue weighted by Gasteiger charge is -2.29. The predicted octanol–water partition coefficient (Wildman–Crippen LogP) is 0.639. The molecule has 0 atom stereocenters. The second kappa shape index (κ2) is 5.07. The van der Waals surface area contributed by atoms with Crippen LogP contribution in [0.4, 0.5) is 5.82 Å². The fraction of sp³-hybridized carbons (Fsp3) is 0.636. The van der Waals surface area contributed by atoms with Gasteiger partial charge in [0.25, 0.3) is 0 Å². The number of aromatic nitrogens is 2. The Hall–Kier alpha value is -1.16. The summed E-state index contributed by atoms with van der Waals surface area (Å²) in [6.45, 7) is 6.31. The molecule has 1 fully saturated rings. The minimum Gasteiger partial charge on any atom is -0.354 e. The zero-order valence-corrected chi connectivity index (χ0v) is 9.16. The summed E-state index contributed by atoms with van der Waals surface area (Å²) < 4.78 is 0. The van der Waals surface area contributed by atoms with Gasteiger partial charge in [-0.3, -0.25) is 0 Å². The van der Waals surface area contributed by atoms with Gasteiger partial charge in [0.05, 0.1) is 0 Å². The minimum atomic E-state index is 1.03. The quantitative estimate of drug-likeness (QED) is 0.786. The highest BCUT2D eigenvalue weighted by Gasteiger charge is 2.14. The molecule has 1 aliphatic heterocycles. The van der Waals surface area contributed by atoms with Gasteiger partial charge in [-0.25, -0.2) is 9.97 Å². The molecule has 0 unspecified atom stereocenters. The van der Waals surface area contributed by atoms with Gasteiger partial charge in [0.1, 0.15) is 5.82 Å². The molecule has 15 heavy (non-hydrogen) atoms. The van der Waals surface area contributed by atoms with Crippen LogP contribution in [0.25, 0.3) is 0 Å². The molecule has 0 saturated carbocycles. The van der Waals surface area contributed by atoms with Crippen molar-refractivity contribution in [2.24, 2.45) is 0 Å². The maximum atomic E-state index is 4.28. The van der Waals surface area contributed by atoms with E-state index in [1.54, 1.807) is 0 Å². The molecule has 1 saturated heterocycles. The maximum absolute atomic E-state index is 4.28. The van der Waals surface area contributed by atoms with E-state index >= 15 is 0 Å². The van der Waals surface area contributed by atoms with E-state index in [1.807, 2.05) is 6.20 Å². The van der Waals surface area contributed by atoms with Crippen LogP contribution < -0.4 is 10.2 Å². The first-order valence-corrected chi connectivity index (χ1v) is 5.59. The van der Waals surface area contributed by atoms with Crippen molar-refractivity contribution >= 4 is 5.82 Å². The fourth-order valence-corrected chi connectivity index (χ4v) is 1.91. The van der Waals surface area contributed by atoms with Crippen molar-refractivity contribution in [1.82, 2.24) is 15.3 Å². The molecule has 81 valence electrons. The second-order valence-electron chi connectivity index (χ2n) is 3.81. The number of rotatable bonds is 3. The van der Waals surface area contributed by atoms with Crippen molar-refractivity contribution < 1.29 is 0 Å². The molecular weight excluding hydrogens is 188 g/mol. The zero-order chi connectivity index (χ0) is 10.5. The Labute approximate surface area is 90.7 Å². The Morgan fingerprint density at radius 2 is 2.27 bits per heavy atom. The Morgan fingerprint density at radius 1 is 1.47 bits per heavy atom. The number of nitrogens with zero attached hydrogens (tertiary/aromatic N) is 3. The average Bonchev–Trinajstić information content (AvgIpc) is 2.31. The number of nitrogens with one attached hydrogen (secondary N) is 1. The number of anilines is 1. The summed E-state index contributed by atoms with van der Waals surface area (Å²) in [7, 11) is 0. The molecule has 0 spiro atoms. The summed E-state index contributed by atoms with van der Waals surface area (Å²) in [5.41, 5.74) is 1.25. The van der Waals surface area contributed by atoms with E-state index in [4.69, 9.17) is 0 Å². The predicted molar refractivity (Wildman–Crippen MR) is 59.9 cm³/mol. The van der Waals surface area contributed by atoms with Crippen LogP contribution in [-0.2, 0) is 6.42 Å². The second-order valence-corrected chi connectivity index (χ2v) is 3.81. The molecule has 1 aromatic rings. The van der Waals surface area contributed by atoms with Crippen LogP contribution >= 0.6 is 0 Å². The molecule has 0 aliphatic carbocycles. The zero-order valence-electron chi connectivity index (χ0n) is 9.16. The normalized spacial score (nSPS) is 16.7. The summed E-state index contributed by atoms with van der Waals surface area (Å²) in [6, 6.07) is 0. The van der Waals surface area contributed by atoms with Crippen LogP contribution in [0.2, 0.25) is 0 Å². The lowest BCUT2D eigenvalue weighted by Crippen LogP contribution is -2.44. The lowest BCUT2D eigenvalue weighted by atomic mass is 10.1. The third kappa shape index (κ3) is 2.45. The molecule has 1 radical (unpaired) electrons. The van der Waals surface area contributed by atoms with Crippen LogP contribution in [0.3, 0.4) is 0 Å². The lowest BCUT2D eigenvalue weighted by molar-refractivity contribution is 0.582. The van der Waals surface area contributed by atoms with Gasteiger partial charge in [-0.2, -0.15) is 0 Å². The minimum absolute atomic E-state index is 1.03. The van der Waals surface area contributed by atoms with Crippen molar-refractivity contribution in [1.29, 1.82) is 0 Å². The smallest absolute Gasteiger partial charge is 0.199 e.